The molecule has 0 aliphatic rings. The van der Waals surface area contributed by atoms with Gasteiger partial charge in [0.2, 0.25) is 0 Å². The molecule has 0 amide bonds. The van der Waals surface area contributed by atoms with E-state index in [2.05, 4.69) is 4.98 Å². The Labute approximate surface area is 82.3 Å². The number of aromatic nitrogens is 1. The van der Waals surface area contributed by atoms with E-state index in [-0.39, 0.29) is 5.02 Å². The summed E-state index contributed by atoms with van der Waals surface area (Å²) in [5.74, 6) is 0. The first-order chi connectivity index (χ1) is 6.32. The van der Waals surface area contributed by atoms with E-state index in [1.807, 2.05) is 0 Å². The molecule has 0 aromatic carbocycles. The third-order valence-electron chi connectivity index (χ3n) is 1.44. The molecule has 0 aliphatic carbocycles. The Bertz CT molecular complexity index is 344. The Hall–Kier alpha value is -0.785. The maximum absolute atomic E-state index is 12.3. The topological polar surface area (TPSA) is 53.4 Å². The Morgan fingerprint density at radius 3 is 2.36 bits per heavy atom. The summed E-state index contributed by atoms with van der Waals surface area (Å²) in [6.07, 6.45) is -3.80. The van der Waals surface area contributed by atoms with Gasteiger partial charge in [-0.25, -0.2) is 0 Å². The predicted octanol–water partition coefficient (Wildman–Crippen LogP) is 0.434. The number of rotatable bonds is 1. The number of hydrogen-bond acceptors (Lipinski definition) is 3. The average molecular weight is 225 g/mol. The molecule has 3 nitrogen and oxygen atoms in total. The molecule has 0 unspecified atom stereocenters. The van der Waals surface area contributed by atoms with Gasteiger partial charge in [0.1, 0.15) is 0 Å². The van der Waals surface area contributed by atoms with Crippen molar-refractivity contribution < 1.29 is 23.2 Å². The van der Waals surface area contributed by atoms with Crippen molar-refractivity contribution in [2.24, 2.45) is 0 Å². The predicted molar refractivity (Wildman–Crippen MR) is 44.1 cm³/mol. The zero-order valence-corrected chi connectivity index (χ0v) is 7.34. The number of hydrogen-bond donors (Lipinski definition) is 2. The van der Waals surface area contributed by atoms with Crippen LogP contribution in [0.5, 0.6) is 0 Å². The molecule has 0 aliphatic heterocycles. The van der Waals surface area contributed by atoms with Crippen LogP contribution in [0.1, 0.15) is 5.56 Å². The van der Waals surface area contributed by atoms with Crippen LogP contribution in [0.3, 0.4) is 0 Å². The fraction of sp³-hybridized carbons (Fsp3) is 0.167. The highest BCUT2D eigenvalue weighted by molar-refractivity contribution is 6.58. The molecule has 1 heterocycles. The minimum absolute atomic E-state index is 0.221. The Kier molecular flexibility index (Phi) is 3.03. The highest BCUT2D eigenvalue weighted by Crippen LogP contribution is 2.28. The number of nitrogens with zero attached hydrogens (tertiary/aromatic N) is 1. The molecule has 0 spiro atoms. The lowest BCUT2D eigenvalue weighted by Crippen LogP contribution is -2.38. The summed E-state index contributed by atoms with van der Waals surface area (Å²) >= 11 is 5.30. The van der Waals surface area contributed by atoms with Crippen molar-refractivity contribution in [1.82, 2.24) is 4.98 Å². The summed E-state index contributed by atoms with van der Waals surface area (Å²) in [4.78, 5) is 3.19. The first kappa shape index (κ1) is 11.3. The van der Waals surface area contributed by atoms with Gasteiger partial charge in [-0.05, 0) is 6.07 Å². The van der Waals surface area contributed by atoms with Gasteiger partial charge in [0.15, 0.2) is 0 Å². The summed E-state index contributed by atoms with van der Waals surface area (Å²) in [6, 6.07) is 0.587. The fourth-order valence-corrected chi connectivity index (χ4v) is 1.04. The number of pyridine rings is 1. The van der Waals surface area contributed by atoms with E-state index < -0.39 is 24.5 Å². The summed E-state index contributed by atoms with van der Waals surface area (Å²) in [6.45, 7) is 0. The molecule has 76 valence electrons. The zero-order chi connectivity index (χ0) is 10.9. The molecular formula is C6H4BClF3NO2. The molecule has 0 saturated carbocycles. The van der Waals surface area contributed by atoms with Crippen LogP contribution in [-0.2, 0) is 6.18 Å². The van der Waals surface area contributed by atoms with Crippen LogP contribution < -0.4 is 5.59 Å². The van der Waals surface area contributed by atoms with Gasteiger partial charge in [-0.3, -0.25) is 4.98 Å². The van der Waals surface area contributed by atoms with E-state index in [1.54, 1.807) is 0 Å². The lowest BCUT2D eigenvalue weighted by atomic mass is 9.82. The second-order valence-corrected chi connectivity index (χ2v) is 2.89. The third kappa shape index (κ3) is 2.37. The normalized spacial score (nSPS) is 11.6. The minimum Gasteiger partial charge on any atom is -0.422 e. The van der Waals surface area contributed by atoms with Gasteiger partial charge in [-0.1, -0.05) is 11.6 Å². The summed E-state index contributed by atoms with van der Waals surface area (Å²) in [7, 11) is -2.27. The summed E-state index contributed by atoms with van der Waals surface area (Å²) < 4.78 is 36.8. The molecule has 0 radical (unpaired) electrons. The molecule has 1 aromatic rings. The first-order valence-electron chi connectivity index (χ1n) is 3.41. The van der Waals surface area contributed by atoms with Gasteiger partial charge in [-0.2, -0.15) is 13.2 Å². The maximum Gasteiger partial charge on any atom is 0.508 e. The molecule has 0 atom stereocenters. The largest absolute Gasteiger partial charge is 0.508 e. The van der Waals surface area contributed by atoms with E-state index in [0.29, 0.717) is 6.07 Å². The summed E-state index contributed by atoms with van der Waals surface area (Å²) in [5.41, 5.74) is -2.11. The van der Waals surface area contributed by atoms with Crippen LogP contribution in [0.4, 0.5) is 13.2 Å². The maximum atomic E-state index is 12.3. The second kappa shape index (κ2) is 3.76. The van der Waals surface area contributed by atoms with Gasteiger partial charge in [0, 0.05) is 6.20 Å². The number of alkyl halides is 3. The molecule has 8 heteroatoms. The van der Waals surface area contributed by atoms with Crippen molar-refractivity contribution >= 4 is 24.3 Å². The highest BCUT2D eigenvalue weighted by Gasteiger charge is 2.37. The van der Waals surface area contributed by atoms with Crippen molar-refractivity contribution in [3.63, 3.8) is 0 Å². The fourth-order valence-electron chi connectivity index (χ4n) is 0.883. The van der Waals surface area contributed by atoms with Gasteiger partial charge in [0.25, 0.3) is 0 Å². The first-order valence-corrected chi connectivity index (χ1v) is 3.79. The Morgan fingerprint density at radius 2 is 1.93 bits per heavy atom. The Balaban J connectivity index is 3.30. The van der Waals surface area contributed by atoms with E-state index in [1.165, 1.54) is 0 Å². The summed E-state index contributed by atoms with van der Waals surface area (Å²) in [5, 5.41) is 17.0. The SMILES string of the molecule is OB(O)c1ncc(Cl)cc1C(F)(F)F. The van der Waals surface area contributed by atoms with Gasteiger partial charge >= 0.3 is 13.3 Å². The van der Waals surface area contributed by atoms with E-state index in [4.69, 9.17) is 21.6 Å². The molecule has 1 aromatic heterocycles. The lowest BCUT2D eigenvalue weighted by Gasteiger charge is -2.11. The number of halogens is 4. The van der Waals surface area contributed by atoms with Gasteiger partial charge < -0.3 is 10.0 Å². The standard InChI is InChI=1S/C6H4BClF3NO2/c8-3-1-4(6(9,10)11)5(7(13)14)12-2-3/h1-2,13-14H. The van der Waals surface area contributed by atoms with E-state index in [9.17, 15) is 13.2 Å². The van der Waals surface area contributed by atoms with Gasteiger partial charge in [-0.15, -0.1) is 0 Å². The molecule has 0 bridgehead atoms. The quantitative estimate of drug-likeness (QED) is 0.682. The molecule has 2 N–H and O–H groups in total. The zero-order valence-electron chi connectivity index (χ0n) is 6.59. The molecule has 14 heavy (non-hydrogen) atoms. The van der Waals surface area contributed by atoms with Crippen molar-refractivity contribution in [1.29, 1.82) is 0 Å². The molecule has 0 fully saturated rings. The average Bonchev–Trinajstić information content (AvgIpc) is 2.01. The molecular weight excluding hydrogens is 221 g/mol. The van der Waals surface area contributed by atoms with Gasteiger partial charge in [0.05, 0.1) is 16.2 Å². The van der Waals surface area contributed by atoms with Crippen molar-refractivity contribution in [2.45, 2.75) is 6.18 Å². The van der Waals surface area contributed by atoms with Crippen molar-refractivity contribution in [2.75, 3.05) is 0 Å². The second-order valence-electron chi connectivity index (χ2n) is 2.46. The van der Waals surface area contributed by atoms with Crippen LogP contribution in [0, 0.1) is 0 Å². The van der Waals surface area contributed by atoms with Crippen LogP contribution in [0.15, 0.2) is 12.3 Å². The van der Waals surface area contributed by atoms with Crippen molar-refractivity contribution in [3.8, 4) is 0 Å². The van der Waals surface area contributed by atoms with Crippen LogP contribution in [-0.4, -0.2) is 22.2 Å². The minimum atomic E-state index is -4.71. The van der Waals surface area contributed by atoms with Crippen LogP contribution >= 0.6 is 11.6 Å². The van der Waals surface area contributed by atoms with E-state index in [0.717, 1.165) is 6.20 Å². The van der Waals surface area contributed by atoms with E-state index >= 15 is 0 Å². The van der Waals surface area contributed by atoms with Crippen LogP contribution in [0.2, 0.25) is 5.02 Å². The molecule has 1 rings (SSSR count). The van der Waals surface area contributed by atoms with Crippen LogP contribution in [0.25, 0.3) is 0 Å². The monoisotopic (exact) mass is 225 g/mol. The Morgan fingerprint density at radius 1 is 1.36 bits per heavy atom. The third-order valence-corrected chi connectivity index (χ3v) is 1.64. The smallest absolute Gasteiger partial charge is 0.422 e. The highest BCUT2D eigenvalue weighted by atomic mass is 35.5. The van der Waals surface area contributed by atoms with Crippen molar-refractivity contribution in [3.05, 3.63) is 22.8 Å². The lowest BCUT2D eigenvalue weighted by molar-refractivity contribution is -0.137. The molecule has 0 saturated heterocycles.